The Morgan fingerprint density at radius 3 is 2.50 bits per heavy atom. The highest BCUT2D eigenvalue weighted by Gasteiger charge is 2.38. The molecule has 3 aromatic rings. The Kier molecular flexibility index (Phi) is 7.04. The molecule has 1 aliphatic heterocycles. The van der Waals surface area contributed by atoms with Gasteiger partial charge in [0.25, 0.3) is 5.91 Å². The molecular weight excluding hydrogens is 484 g/mol. The predicted molar refractivity (Wildman–Crippen MR) is 148 cm³/mol. The van der Waals surface area contributed by atoms with Gasteiger partial charge in [0.1, 0.15) is 5.82 Å². The summed E-state index contributed by atoms with van der Waals surface area (Å²) >= 11 is 3.46. The third kappa shape index (κ3) is 5.19. The molecule has 3 aliphatic rings. The number of fused-ring (bicyclic) bond motifs is 1. The van der Waals surface area contributed by atoms with Crippen molar-refractivity contribution in [2.45, 2.75) is 75.5 Å². The monoisotopic (exact) mass is 520 g/mol. The minimum absolute atomic E-state index is 0.200. The molecule has 2 aliphatic carbocycles. The molecule has 1 spiro atoms. The van der Waals surface area contributed by atoms with Gasteiger partial charge in [-0.15, -0.1) is 23.1 Å². The highest BCUT2D eigenvalue weighted by molar-refractivity contribution is 7.98. The van der Waals surface area contributed by atoms with Crippen LogP contribution >= 0.6 is 23.1 Å². The van der Waals surface area contributed by atoms with Crippen molar-refractivity contribution in [1.82, 2.24) is 19.9 Å². The number of carbonyl (C=O) groups is 1. The van der Waals surface area contributed by atoms with Gasteiger partial charge in [-0.3, -0.25) is 4.79 Å². The molecule has 3 heterocycles. The van der Waals surface area contributed by atoms with E-state index in [1.165, 1.54) is 62.8 Å². The second kappa shape index (κ2) is 10.4. The highest BCUT2D eigenvalue weighted by Crippen LogP contribution is 2.46. The smallest absolute Gasteiger partial charge is 0.253 e. The van der Waals surface area contributed by atoms with Gasteiger partial charge in [-0.25, -0.2) is 15.0 Å². The largest absolute Gasteiger partial charge is 0.339 e. The summed E-state index contributed by atoms with van der Waals surface area (Å²) in [5.74, 6) is 2.52. The van der Waals surface area contributed by atoms with Crippen LogP contribution in [0.3, 0.4) is 0 Å². The normalized spacial score (nSPS) is 23.6. The lowest BCUT2D eigenvalue weighted by molar-refractivity contribution is 0.0587. The molecule has 2 saturated carbocycles. The molecule has 2 aromatic heterocycles. The first-order valence-electron chi connectivity index (χ1n) is 13.6. The maximum Gasteiger partial charge on any atom is 0.253 e. The van der Waals surface area contributed by atoms with Gasteiger partial charge in [0.2, 0.25) is 0 Å². The minimum atomic E-state index is 0.200. The van der Waals surface area contributed by atoms with Crippen molar-refractivity contribution in [3.05, 3.63) is 47.0 Å². The van der Waals surface area contributed by atoms with Crippen LogP contribution in [0.15, 0.2) is 35.5 Å². The standard InChI is InChI=1S/C29H36N4OS2/c1-35-23-18-30-26(31-19-23)15-20-4-5-21(14-20)16-27-32-24-7-6-22(17-25(24)36-27)28(34)33-12-10-29(11-13-33)8-2-3-9-29/h6-7,17-21H,2-5,8-16H2,1H3/t20-,21-/m0/s1. The zero-order chi connectivity index (χ0) is 24.5. The molecule has 1 aromatic carbocycles. The van der Waals surface area contributed by atoms with E-state index < -0.39 is 0 Å². The van der Waals surface area contributed by atoms with Gasteiger partial charge in [-0.1, -0.05) is 12.8 Å². The molecule has 2 atom stereocenters. The van der Waals surface area contributed by atoms with E-state index in [1.54, 1.807) is 23.1 Å². The zero-order valence-corrected chi connectivity index (χ0v) is 22.9. The summed E-state index contributed by atoms with van der Waals surface area (Å²) in [7, 11) is 0. The highest BCUT2D eigenvalue weighted by atomic mass is 32.2. The summed E-state index contributed by atoms with van der Waals surface area (Å²) in [6.45, 7) is 1.83. The number of hydrogen-bond acceptors (Lipinski definition) is 6. The van der Waals surface area contributed by atoms with Crippen LogP contribution in [0.25, 0.3) is 10.2 Å². The van der Waals surface area contributed by atoms with E-state index in [2.05, 4.69) is 33.3 Å². The topological polar surface area (TPSA) is 59.0 Å². The number of rotatable bonds is 6. The number of hydrogen-bond donors (Lipinski definition) is 0. The van der Waals surface area contributed by atoms with Crippen molar-refractivity contribution in [1.29, 1.82) is 0 Å². The summed E-state index contributed by atoms with van der Waals surface area (Å²) < 4.78 is 1.15. The lowest BCUT2D eigenvalue weighted by Crippen LogP contribution is -2.42. The lowest BCUT2D eigenvalue weighted by atomic mass is 9.77. The molecule has 1 saturated heterocycles. The lowest BCUT2D eigenvalue weighted by Gasteiger charge is -2.39. The number of likely N-dealkylation sites (tertiary alicyclic amines) is 1. The van der Waals surface area contributed by atoms with E-state index in [0.29, 0.717) is 17.3 Å². The molecule has 3 fully saturated rings. The van der Waals surface area contributed by atoms with Crippen molar-refractivity contribution in [2.75, 3.05) is 19.3 Å². The van der Waals surface area contributed by atoms with Crippen molar-refractivity contribution >= 4 is 39.2 Å². The van der Waals surface area contributed by atoms with Crippen LogP contribution in [-0.2, 0) is 12.8 Å². The van der Waals surface area contributed by atoms with Crippen LogP contribution in [0, 0.1) is 17.3 Å². The average molecular weight is 521 g/mol. The molecule has 36 heavy (non-hydrogen) atoms. The summed E-state index contributed by atoms with van der Waals surface area (Å²) in [5, 5.41) is 1.21. The van der Waals surface area contributed by atoms with E-state index in [-0.39, 0.29) is 5.91 Å². The van der Waals surface area contributed by atoms with Crippen LogP contribution in [0.2, 0.25) is 0 Å². The van der Waals surface area contributed by atoms with E-state index in [4.69, 9.17) is 4.98 Å². The summed E-state index contributed by atoms with van der Waals surface area (Å²) in [6, 6.07) is 6.13. The first-order valence-corrected chi connectivity index (χ1v) is 15.7. The van der Waals surface area contributed by atoms with Gasteiger partial charge in [-0.05, 0) is 86.7 Å². The minimum Gasteiger partial charge on any atom is -0.339 e. The van der Waals surface area contributed by atoms with Gasteiger partial charge in [-0.2, -0.15) is 0 Å². The van der Waals surface area contributed by atoms with Gasteiger partial charge < -0.3 is 4.90 Å². The number of amides is 1. The van der Waals surface area contributed by atoms with Crippen LogP contribution in [0.1, 0.15) is 79.0 Å². The molecule has 0 unspecified atom stereocenters. The third-order valence-corrected chi connectivity index (χ3v) is 10.7. The molecule has 6 rings (SSSR count). The Morgan fingerprint density at radius 1 is 1.06 bits per heavy atom. The number of benzene rings is 1. The van der Waals surface area contributed by atoms with E-state index >= 15 is 0 Å². The van der Waals surface area contributed by atoms with Crippen molar-refractivity contribution < 1.29 is 4.79 Å². The number of carbonyl (C=O) groups excluding carboxylic acids is 1. The Balaban J connectivity index is 1.05. The molecule has 1 amide bonds. The molecule has 0 bridgehead atoms. The molecule has 0 N–H and O–H groups in total. The van der Waals surface area contributed by atoms with Crippen molar-refractivity contribution in [3.8, 4) is 0 Å². The van der Waals surface area contributed by atoms with Crippen LogP contribution in [0.5, 0.6) is 0 Å². The molecule has 7 heteroatoms. The first kappa shape index (κ1) is 24.4. The van der Waals surface area contributed by atoms with Crippen LogP contribution in [-0.4, -0.2) is 45.1 Å². The van der Waals surface area contributed by atoms with Crippen LogP contribution in [0.4, 0.5) is 0 Å². The SMILES string of the molecule is CSc1cnc(C[C@H]2CC[C@H](Cc3nc4ccc(C(=O)N5CCC6(CCCC6)CC5)cc4s3)C2)nc1. The number of aromatic nitrogens is 3. The fraction of sp³-hybridized carbons (Fsp3) is 0.586. The Labute approximate surface area is 222 Å². The van der Waals surface area contributed by atoms with Gasteiger partial charge >= 0.3 is 0 Å². The van der Waals surface area contributed by atoms with E-state index in [0.717, 1.165) is 52.4 Å². The number of piperidine rings is 1. The van der Waals surface area contributed by atoms with E-state index in [1.807, 2.05) is 18.5 Å². The Bertz CT molecular complexity index is 1210. The molecule has 0 radical (unpaired) electrons. The summed E-state index contributed by atoms with van der Waals surface area (Å²) in [4.78, 5) is 30.5. The van der Waals surface area contributed by atoms with Gasteiger partial charge in [0.05, 0.1) is 15.2 Å². The van der Waals surface area contributed by atoms with Gasteiger partial charge in [0.15, 0.2) is 0 Å². The van der Waals surface area contributed by atoms with Crippen molar-refractivity contribution in [2.24, 2.45) is 17.3 Å². The third-order valence-electron chi connectivity index (χ3n) is 8.96. The molecule has 190 valence electrons. The fourth-order valence-electron chi connectivity index (χ4n) is 6.79. The van der Waals surface area contributed by atoms with Gasteiger partial charge in [0, 0.05) is 48.8 Å². The maximum absolute atomic E-state index is 13.3. The van der Waals surface area contributed by atoms with E-state index in [9.17, 15) is 4.79 Å². The quantitative estimate of drug-likeness (QED) is 0.334. The zero-order valence-electron chi connectivity index (χ0n) is 21.2. The maximum atomic E-state index is 13.3. The molecular formula is C29H36N4OS2. The number of thioether (sulfide) groups is 1. The second-order valence-electron chi connectivity index (χ2n) is 11.3. The average Bonchev–Trinajstić information content (AvgIpc) is 3.65. The number of thiazole rings is 1. The molecule has 5 nitrogen and oxygen atoms in total. The Morgan fingerprint density at radius 2 is 1.78 bits per heavy atom. The summed E-state index contributed by atoms with van der Waals surface area (Å²) in [6.07, 6.45) is 19.5. The second-order valence-corrected chi connectivity index (χ2v) is 13.3. The fourth-order valence-corrected chi connectivity index (χ4v) is 8.23. The predicted octanol–water partition coefficient (Wildman–Crippen LogP) is 6.81. The van der Waals surface area contributed by atoms with Crippen LogP contribution < -0.4 is 0 Å². The first-order chi connectivity index (χ1) is 17.6. The Hall–Kier alpha value is -1.99. The number of nitrogens with zero attached hydrogens (tertiary/aromatic N) is 4. The summed E-state index contributed by atoms with van der Waals surface area (Å²) in [5.41, 5.74) is 2.40. The van der Waals surface area contributed by atoms with Crippen molar-refractivity contribution in [3.63, 3.8) is 0 Å².